The second-order valence-corrected chi connectivity index (χ2v) is 5.55. The average Bonchev–Trinajstić information content (AvgIpc) is 2.47. The normalized spacial score (nSPS) is 10.7. The van der Waals surface area contributed by atoms with Crippen LogP contribution in [0.3, 0.4) is 0 Å². The van der Waals surface area contributed by atoms with E-state index in [0.717, 1.165) is 18.8 Å². The Balaban J connectivity index is 2.13. The van der Waals surface area contributed by atoms with Crippen LogP contribution in [0, 0.1) is 20.8 Å². The zero-order chi connectivity index (χ0) is 15.2. The van der Waals surface area contributed by atoms with E-state index in [2.05, 4.69) is 69.4 Å². The molecule has 112 valence electrons. The molecule has 0 aromatic heterocycles. The SMILES string of the molecule is CCNCc1cccc(C)c1OCc1ccc(C)c(C)c1. The van der Waals surface area contributed by atoms with E-state index < -0.39 is 0 Å². The molecule has 2 rings (SSSR count). The summed E-state index contributed by atoms with van der Waals surface area (Å²) < 4.78 is 6.11. The van der Waals surface area contributed by atoms with Crippen LogP contribution < -0.4 is 10.1 Å². The molecule has 2 nitrogen and oxygen atoms in total. The van der Waals surface area contributed by atoms with Crippen LogP contribution in [0.5, 0.6) is 5.75 Å². The zero-order valence-corrected chi connectivity index (χ0v) is 13.5. The van der Waals surface area contributed by atoms with E-state index in [4.69, 9.17) is 4.74 Å². The molecule has 0 unspecified atom stereocenters. The number of aryl methyl sites for hydroxylation is 3. The van der Waals surface area contributed by atoms with Gasteiger partial charge in [-0.2, -0.15) is 0 Å². The standard InChI is InChI=1S/C19H25NO/c1-5-20-12-18-8-6-7-15(3)19(18)21-13-17-10-9-14(2)16(4)11-17/h6-11,20H,5,12-13H2,1-4H3. The number of para-hydroxylation sites is 1. The van der Waals surface area contributed by atoms with Crippen molar-refractivity contribution in [2.75, 3.05) is 6.54 Å². The molecule has 0 aliphatic rings. The molecule has 0 atom stereocenters. The quantitative estimate of drug-likeness (QED) is 0.853. The van der Waals surface area contributed by atoms with E-state index in [9.17, 15) is 0 Å². The second kappa shape index (κ2) is 7.28. The van der Waals surface area contributed by atoms with Gasteiger partial charge in [0.05, 0.1) is 0 Å². The Morgan fingerprint density at radius 3 is 2.48 bits per heavy atom. The fraction of sp³-hybridized carbons (Fsp3) is 0.368. The zero-order valence-electron chi connectivity index (χ0n) is 13.5. The Morgan fingerprint density at radius 1 is 0.952 bits per heavy atom. The first-order valence-corrected chi connectivity index (χ1v) is 7.60. The van der Waals surface area contributed by atoms with Gasteiger partial charge >= 0.3 is 0 Å². The van der Waals surface area contributed by atoms with Gasteiger partial charge in [0, 0.05) is 12.1 Å². The lowest BCUT2D eigenvalue weighted by Gasteiger charge is -2.15. The summed E-state index contributed by atoms with van der Waals surface area (Å²) in [7, 11) is 0. The largest absolute Gasteiger partial charge is 0.488 e. The number of hydrogen-bond donors (Lipinski definition) is 1. The van der Waals surface area contributed by atoms with Gasteiger partial charge in [-0.15, -0.1) is 0 Å². The summed E-state index contributed by atoms with van der Waals surface area (Å²) in [6.07, 6.45) is 0. The smallest absolute Gasteiger partial charge is 0.127 e. The Kier molecular flexibility index (Phi) is 5.40. The van der Waals surface area contributed by atoms with Crippen molar-refractivity contribution in [1.29, 1.82) is 0 Å². The Morgan fingerprint density at radius 2 is 1.76 bits per heavy atom. The highest BCUT2D eigenvalue weighted by Crippen LogP contribution is 2.24. The third kappa shape index (κ3) is 4.08. The maximum Gasteiger partial charge on any atom is 0.127 e. The molecular weight excluding hydrogens is 258 g/mol. The highest BCUT2D eigenvalue weighted by atomic mass is 16.5. The van der Waals surface area contributed by atoms with E-state index in [-0.39, 0.29) is 0 Å². The van der Waals surface area contributed by atoms with Crippen LogP contribution >= 0.6 is 0 Å². The minimum absolute atomic E-state index is 0.616. The summed E-state index contributed by atoms with van der Waals surface area (Å²) in [6, 6.07) is 12.8. The van der Waals surface area contributed by atoms with E-state index >= 15 is 0 Å². The summed E-state index contributed by atoms with van der Waals surface area (Å²) in [4.78, 5) is 0. The molecule has 2 heteroatoms. The number of hydrogen-bond acceptors (Lipinski definition) is 2. The van der Waals surface area contributed by atoms with Gasteiger partial charge in [0.25, 0.3) is 0 Å². The summed E-state index contributed by atoms with van der Waals surface area (Å²) in [6.45, 7) is 10.9. The lowest BCUT2D eigenvalue weighted by molar-refractivity contribution is 0.300. The van der Waals surface area contributed by atoms with Crippen molar-refractivity contribution in [3.63, 3.8) is 0 Å². The van der Waals surface area contributed by atoms with Gasteiger partial charge in [0.2, 0.25) is 0 Å². The van der Waals surface area contributed by atoms with Crippen molar-refractivity contribution in [3.8, 4) is 5.75 Å². The molecule has 2 aromatic carbocycles. The highest BCUT2D eigenvalue weighted by Gasteiger charge is 2.07. The number of ether oxygens (including phenoxy) is 1. The molecule has 2 aromatic rings. The molecule has 0 spiro atoms. The molecular formula is C19H25NO. The first-order valence-electron chi connectivity index (χ1n) is 7.60. The monoisotopic (exact) mass is 283 g/mol. The predicted molar refractivity (Wildman–Crippen MR) is 88.8 cm³/mol. The first-order chi connectivity index (χ1) is 10.1. The van der Waals surface area contributed by atoms with Crippen LogP contribution in [0.15, 0.2) is 36.4 Å². The van der Waals surface area contributed by atoms with Crippen molar-refractivity contribution < 1.29 is 4.74 Å². The second-order valence-electron chi connectivity index (χ2n) is 5.55. The molecule has 0 radical (unpaired) electrons. The Hall–Kier alpha value is -1.80. The predicted octanol–water partition coefficient (Wildman–Crippen LogP) is 4.30. The van der Waals surface area contributed by atoms with Crippen molar-refractivity contribution in [3.05, 3.63) is 64.2 Å². The Labute approximate surface area is 128 Å². The summed E-state index contributed by atoms with van der Waals surface area (Å²) in [5.41, 5.74) is 6.27. The lowest BCUT2D eigenvalue weighted by atomic mass is 10.1. The maximum absolute atomic E-state index is 6.11. The molecule has 0 bridgehead atoms. The lowest BCUT2D eigenvalue weighted by Crippen LogP contribution is -2.13. The van der Waals surface area contributed by atoms with Crippen LogP contribution in [0.4, 0.5) is 0 Å². The maximum atomic E-state index is 6.11. The van der Waals surface area contributed by atoms with Crippen molar-refractivity contribution in [2.45, 2.75) is 40.8 Å². The molecule has 0 aliphatic carbocycles. The number of nitrogens with one attached hydrogen (secondary N) is 1. The fourth-order valence-corrected chi connectivity index (χ4v) is 2.37. The van der Waals surface area contributed by atoms with Gasteiger partial charge in [-0.25, -0.2) is 0 Å². The van der Waals surface area contributed by atoms with Gasteiger partial charge in [0.1, 0.15) is 12.4 Å². The van der Waals surface area contributed by atoms with Crippen LogP contribution in [0.1, 0.15) is 34.7 Å². The van der Waals surface area contributed by atoms with Crippen LogP contribution in [0.2, 0.25) is 0 Å². The van der Waals surface area contributed by atoms with Crippen LogP contribution in [0.25, 0.3) is 0 Å². The molecule has 0 heterocycles. The molecule has 0 amide bonds. The summed E-state index contributed by atoms with van der Waals surface area (Å²) in [5, 5.41) is 3.37. The van der Waals surface area contributed by atoms with Gasteiger partial charge in [-0.3, -0.25) is 0 Å². The molecule has 21 heavy (non-hydrogen) atoms. The van der Waals surface area contributed by atoms with Gasteiger partial charge < -0.3 is 10.1 Å². The van der Waals surface area contributed by atoms with E-state index in [1.165, 1.54) is 27.8 Å². The first kappa shape index (κ1) is 15.6. The third-order valence-corrected chi connectivity index (χ3v) is 3.81. The minimum Gasteiger partial charge on any atom is -0.488 e. The average molecular weight is 283 g/mol. The van der Waals surface area contributed by atoms with Crippen molar-refractivity contribution in [2.24, 2.45) is 0 Å². The van der Waals surface area contributed by atoms with Gasteiger partial charge in [0.15, 0.2) is 0 Å². The fourth-order valence-electron chi connectivity index (χ4n) is 2.37. The van der Waals surface area contributed by atoms with Crippen LogP contribution in [-0.4, -0.2) is 6.54 Å². The van der Waals surface area contributed by atoms with E-state index in [1.807, 2.05) is 0 Å². The molecule has 1 N–H and O–H groups in total. The number of benzene rings is 2. The van der Waals surface area contributed by atoms with Gasteiger partial charge in [-0.1, -0.05) is 43.3 Å². The van der Waals surface area contributed by atoms with E-state index in [1.54, 1.807) is 0 Å². The molecule has 0 fully saturated rings. The Bertz CT molecular complexity index is 605. The number of rotatable bonds is 6. The summed E-state index contributed by atoms with van der Waals surface area (Å²) >= 11 is 0. The molecule has 0 saturated carbocycles. The third-order valence-electron chi connectivity index (χ3n) is 3.81. The highest BCUT2D eigenvalue weighted by molar-refractivity contribution is 5.41. The van der Waals surface area contributed by atoms with Gasteiger partial charge in [-0.05, 0) is 49.6 Å². The topological polar surface area (TPSA) is 21.3 Å². The van der Waals surface area contributed by atoms with Crippen LogP contribution in [-0.2, 0) is 13.2 Å². The van der Waals surface area contributed by atoms with E-state index in [0.29, 0.717) is 6.61 Å². The minimum atomic E-state index is 0.616. The van der Waals surface area contributed by atoms with Crippen molar-refractivity contribution in [1.82, 2.24) is 5.32 Å². The van der Waals surface area contributed by atoms with Crippen molar-refractivity contribution >= 4 is 0 Å². The molecule has 0 saturated heterocycles. The summed E-state index contributed by atoms with van der Waals surface area (Å²) in [5.74, 6) is 1.01. The molecule has 0 aliphatic heterocycles.